The van der Waals surface area contributed by atoms with Gasteiger partial charge in [-0.2, -0.15) is 0 Å². The first kappa shape index (κ1) is 33.8. The van der Waals surface area contributed by atoms with Crippen molar-refractivity contribution in [2.75, 3.05) is 4.81 Å². The highest BCUT2D eigenvalue weighted by atomic mass is 15.1. The Bertz CT molecular complexity index is 3010. The average Bonchev–Trinajstić information content (AvgIpc) is 3.31. The molecule has 3 heterocycles. The van der Waals surface area contributed by atoms with Crippen molar-refractivity contribution in [3.05, 3.63) is 224 Å². The van der Waals surface area contributed by atoms with Gasteiger partial charge in [0.2, 0.25) is 0 Å². The number of aromatic nitrogens is 2. The topological polar surface area (TPSA) is 29.0 Å². The van der Waals surface area contributed by atoms with Crippen LogP contribution in [0.1, 0.15) is 5.69 Å². The van der Waals surface area contributed by atoms with E-state index in [1.807, 2.05) is 24.3 Å². The largest absolute Gasteiger partial charge is 0.382 e. The van der Waals surface area contributed by atoms with E-state index in [4.69, 9.17) is 9.97 Å². The van der Waals surface area contributed by atoms with Gasteiger partial charge in [0, 0.05) is 34.2 Å². The lowest BCUT2D eigenvalue weighted by Crippen LogP contribution is -2.49. The summed E-state index contributed by atoms with van der Waals surface area (Å²) >= 11 is 0. The Morgan fingerprint density at radius 3 is 1.79 bits per heavy atom. The van der Waals surface area contributed by atoms with E-state index in [0.29, 0.717) is 5.82 Å². The van der Waals surface area contributed by atoms with Crippen LogP contribution in [0.2, 0.25) is 0 Å². The van der Waals surface area contributed by atoms with Gasteiger partial charge < -0.3 is 4.81 Å². The van der Waals surface area contributed by atoms with Crippen LogP contribution < -0.4 is 10.3 Å². The van der Waals surface area contributed by atoms with Crippen LogP contribution in [-0.2, 0) is 0 Å². The summed E-state index contributed by atoms with van der Waals surface area (Å²) in [5, 5.41) is 2.52. The van der Waals surface area contributed by atoms with Crippen LogP contribution in [-0.4, -0.2) is 16.8 Å². The summed E-state index contributed by atoms with van der Waals surface area (Å²) in [5.41, 5.74) is 17.1. The van der Waals surface area contributed by atoms with Crippen molar-refractivity contribution in [1.82, 2.24) is 9.97 Å². The first-order chi connectivity index (χ1) is 28.7. The third-order valence-electron chi connectivity index (χ3n) is 11.5. The summed E-state index contributed by atoms with van der Waals surface area (Å²) in [6.45, 7) is 0.0261. The Morgan fingerprint density at radius 2 is 0.983 bits per heavy atom. The number of benzene rings is 8. The fourth-order valence-corrected chi connectivity index (χ4v) is 8.73. The molecule has 0 aliphatic carbocycles. The quantitative estimate of drug-likeness (QED) is 0.159. The second-order valence-electron chi connectivity index (χ2n) is 15.0. The zero-order valence-corrected chi connectivity index (χ0v) is 31.7. The zero-order chi connectivity index (χ0) is 38.4. The molecule has 0 N–H and O–H groups in total. The smallest absolute Gasteiger partial charge is 0.320 e. The number of nitrogens with zero attached hydrogens (tertiary/aromatic N) is 3. The molecule has 2 aliphatic rings. The maximum absolute atomic E-state index is 5.16. The van der Waals surface area contributed by atoms with E-state index < -0.39 is 0 Å². The molecule has 0 bridgehead atoms. The van der Waals surface area contributed by atoms with E-state index in [0.717, 1.165) is 28.1 Å². The van der Waals surface area contributed by atoms with Crippen LogP contribution in [0.4, 0.5) is 5.69 Å². The summed E-state index contributed by atoms with van der Waals surface area (Å²) in [7, 11) is 0. The lowest BCUT2D eigenvalue weighted by Gasteiger charge is -2.38. The maximum atomic E-state index is 5.16. The van der Waals surface area contributed by atoms with Crippen molar-refractivity contribution in [1.29, 1.82) is 0 Å². The van der Waals surface area contributed by atoms with Crippen molar-refractivity contribution >= 4 is 34.3 Å². The summed E-state index contributed by atoms with van der Waals surface area (Å²) in [5.74, 6) is 3.04. The first-order valence-corrected chi connectivity index (χ1v) is 19.9. The molecule has 0 fully saturated rings. The molecule has 0 radical (unpaired) electrons. The monoisotopic (exact) mass is 737 g/mol. The van der Waals surface area contributed by atoms with E-state index in [1.54, 1.807) is 0 Å². The van der Waals surface area contributed by atoms with Gasteiger partial charge in [-0.3, -0.25) is 0 Å². The normalized spacial score (nSPS) is 12.8. The third-order valence-corrected chi connectivity index (χ3v) is 11.5. The van der Waals surface area contributed by atoms with Gasteiger partial charge in [0.05, 0.1) is 11.4 Å². The predicted octanol–water partition coefficient (Wildman–Crippen LogP) is 12.8. The molecule has 0 unspecified atom stereocenters. The van der Waals surface area contributed by atoms with Crippen LogP contribution in [0.15, 0.2) is 218 Å². The molecule has 0 spiro atoms. The highest BCUT2D eigenvalue weighted by Gasteiger charge is 2.35. The SMILES string of the molecule is C1=CC(c2cc(-c3ccccc3)nc(-c3ccccc3)n2)=CN2B1c1cccc(-c3cccc(-c4cccc(-c5cccc6ccccc56)c4)c3)c1-c1ccccc12. The predicted molar refractivity (Wildman–Crippen MR) is 244 cm³/mol. The lowest BCUT2D eigenvalue weighted by molar-refractivity contribution is 1.15. The number of fused-ring (bicyclic) bond motifs is 7. The van der Waals surface area contributed by atoms with Gasteiger partial charge in [-0.05, 0) is 79.4 Å². The molecule has 0 atom stereocenters. The fraction of sp³-hybridized carbons (Fsp3) is 0. The molecule has 0 saturated carbocycles. The molecule has 270 valence electrons. The molecule has 2 aliphatic heterocycles. The molecule has 4 heteroatoms. The van der Waals surface area contributed by atoms with Crippen LogP contribution in [0.25, 0.3) is 83.5 Å². The second-order valence-corrected chi connectivity index (χ2v) is 15.0. The van der Waals surface area contributed by atoms with Crippen molar-refractivity contribution in [2.45, 2.75) is 0 Å². The Balaban J connectivity index is 0.986. The highest BCUT2D eigenvalue weighted by molar-refractivity contribution is 6.84. The second kappa shape index (κ2) is 14.2. The third kappa shape index (κ3) is 5.94. The standard InChI is InChI=1S/C54H36BN3/c1-3-16-38(17-4-1)50-35-51(57-54(56-50)39-18-5-2-6-19-39)44-31-32-55-49-29-14-28-47(53(49)48-26-9-10-30-52(48)58(55)36-44)43-24-12-22-41(34-43)40-21-11-23-42(33-40)46-27-13-20-37-15-7-8-25-45(37)46/h1-36H. The van der Waals surface area contributed by atoms with Crippen LogP contribution in [0, 0.1) is 0 Å². The van der Waals surface area contributed by atoms with E-state index in [-0.39, 0.29) is 6.85 Å². The number of para-hydroxylation sites is 1. The van der Waals surface area contributed by atoms with Gasteiger partial charge in [0.15, 0.2) is 5.82 Å². The number of hydrogen-bond donors (Lipinski definition) is 0. The molecule has 0 amide bonds. The number of rotatable bonds is 6. The van der Waals surface area contributed by atoms with Crippen molar-refractivity contribution in [3.63, 3.8) is 0 Å². The van der Waals surface area contributed by atoms with Crippen molar-refractivity contribution in [2.24, 2.45) is 0 Å². The van der Waals surface area contributed by atoms with E-state index in [2.05, 4.69) is 199 Å². The molecular weight excluding hydrogens is 701 g/mol. The molecule has 1 aromatic heterocycles. The molecule has 0 saturated heterocycles. The highest BCUT2D eigenvalue weighted by Crippen LogP contribution is 2.43. The molecule has 58 heavy (non-hydrogen) atoms. The van der Waals surface area contributed by atoms with Gasteiger partial charge in [0.1, 0.15) is 0 Å². The van der Waals surface area contributed by atoms with Crippen LogP contribution >= 0.6 is 0 Å². The Morgan fingerprint density at radius 1 is 0.414 bits per heavy atom. The minimum absolute atomic E-state index is 0.0261. The molecule has 8 aromatic carbocycles. The van der Waals surface area contributed by atoms with Crippen molar-refractivity contribution in [3.8, 4) is 67.2 Å². The van der Waals surface area contributed by atoms with Crippen LogP contribution in [0.3, 0.4) is 0 Å². The Kier molecular flexibility index (Phi) is 8.26. The summed E-state index contributed by atoms with van der Waals surface area (Å²) in [6.07, 6.45) is 4.51. The fourth-order valence-electron chi connectivity index (χ4n) is 8.73. The van der Waals surface area contributed by atoms with Gasteiger partial charge in [-0.1, -0.05) is 188 Å². The van der Waals surface area contributed by atoms with Gasteiger partial charge in [-0.15, -0.1) is 0 Å². The van der Waals surface area contributed by atoms with Gasteiger partial charge in [-0.25, -0.2) is 9.97 Å². The maximum Gasteiger partial charge on any atom is 0.320 e. The van der Waals surface area contributed by atoms with E-state index >= 15 is 0 Å². The Hall–Kier alpha value is -7.56. The molecule has 9 aromatic rings. The average molecular weight is 738 g/mol. The number of anilines is 1. The molecular formula is C54H36BN3. The molecule has 11 rings (SSSR count). The summed E-state index contributed by atoms with van der Waals surface area (Å²) in [6, 6.07) is 71.5. The minimum Gasteiger partial charge on any atom is -0.382 e. The summed E-state index contributed by atoms with van der Waals surface area (Å²) < 4.78 is 0. The van der Waals surface area contributed by atoms with Crippen molar-refractivity contribution < 1.29 is 0 Å². The zero-order valence-electron chi connectivity index (χ0n) is 31.7. The molecule has 3 nitrogen and oxygen atoms in total. The minimum atomic E-state index is 0.0261. The number of hydrogen-bond acceptors (Lipinski definition) is 3. The van der Waals surface area contributed by atoms with Gasteiger partial charge >= 0.3 is 6.85 Å². The lowest BCUT2D eigenvalue weighted by atomic mass is 9.49. The number of allylic oxidation sites excluding steroid dienone is 2. The van der Waals surface area contributed by atoms with Gasteiger partial charge in [0.25, 0.3) is 0 Å². The first-order valence-electron chi connectivity index (χ1n) is 19.9. The van der Waals surface area contributed by atoms with Crippen LogP contribution in [0.5, 0.6) is 0 Å². The Labute approximate surface area is 339 Å². The van der Waals surface area contributed by atoms with E-state index in [9.17, 15) is 0 Å². The summed E-state index contributed by atoms with van der Waals surface area (Å²) in [4.78, 5) is 12.6. The van der Waals surface area contributed by atoms with E-state index in [1.165, 1.54) is 66.4 Å².